The Labute approximate surface area is 109 Å². The molecule has 0 radical (unpaired) electrons. The van der Waals surface area contributed by atoms with Crippen LogP contribution in [0.1, 0.15) is 17.3 Å². The van der Waals surface area contributed by atoms with Crippen LogP contribution in [0.3, 0.4) is 0 Å². The molecule has 0 saturated carbocycles. The van der Waals surface area contributed by atoms with Gasteiger partial charge in [-0.2, -0.15) is 0 Å². The number of carbonyl (C=O) groups is 1. The number of phenols is 1. The molecule has 7 heteroatoms. The highest BCUT2D eigenvalue weighted by atomic mass is 35.5. The number of amidine groups is 1. The first-order valence-corrected chi connectivity index (χ1v) is 5.49. The van der Waals surface area contributed by atoms with E-state index in [9.17, 15) is 9.90 Å². The van der Waals surface area contributed by atoms with Crippen molar-refractivity contribution in [2.24, 2.45) is 10.9 Å². The summed E-state index contributed by atoms with van der Waals surface area (Å²) in [7, 11) is 1.52. The van der Waals surface area contributed by atoms with Gasteiger partial charge < -0.3 is 20.9 Å². The van der Waals surface area contributed by atoms with E-state index in [2.05, 4.69) is 5.16 Å². The highest BCUT2D eigenvalue weighted by molar-refractivity contribution is 6.32. The van der Waals surface area contributed by atoms with Crippen LogP contribution in [0.4, 0.5) is 0 Å². The average molecular weight is 272 g/mol. The van der Waals surface area contributed by atoms with Crippen LogP contribution in [-0.4, -0.2) is 40.0 Å². The molecule has 0 aromatic heterocycles. The first kappa shape index (κ1) is 14.1. The number of nitrogens with two attached hydrogens (primary N) is 1. The predicted octanol–water partition coefficient (Wildman–Crippen LogP) is 1.25. The van der Waals surface area contributed by atoms with Gasteiger partial charge in [-0.25, -0.2) is 0 Å². The van der Waals surface area contributed by atoms with E-state index in [0.29, 0.717) is 5.56 Å². The molecule has 4 N–H and O–H groups in total. The van der Waals surface area contributed by atoms with Crippen LogP contribution in [-0.2, 0) is 0 Å². The lowest BCUT2D eigenvalue weighted by Gasteiger charge is -2.23. The van der Waals surface area contributed by atoms with Gasteiger partial charge in [0, 0.05) is 12.6 Å². The fraction of sp³-hybridized carbons (Fsp3) is 0.273. The number of aromatic hydroxyl groups is 1. The summed E-state index contributed by atoms with van der Waals surface area (Å²) in [5.41, 5.74) is 5.73. The summed E-state index contributed by atoms with van der Waals surface area (Å²) in [5.74, 6) is -0.521. The molecule has 18 heavy (non-hydrogen) atoms. The van der Waals surface area contributed by atoms with Crippen LogP contribution in [0.15, 0.2) is 23.4 Å². The summed E-state index contributed by atoms with van der Waals surface area (Å²) >= 11 is 5.72. The molecule has 0 aliphatic carbocycles. The van der Waals surface area contributed by atoms with Crippen molar-refractivity contribution in [3.63, 3.8) is 0 Å². The molecule has 98 valence electrons. The van der Waals surface area contributed by atoms with Crippen LogP contribution in [0, 0.1) is 0 Å². The fourth-order valence-corrected chi connectivity index (χ4v) is 1.48. The second kappa shape index (κ2) is 5.59. The number of oxime groups is 1. The zero-order chi connectivity index (χ0) is 13.9. The number of hydrogen-bond acceptors (Lipinski definition) is 4. The summed E-state index contributed by atoms with van der Waals surface area (Å²) in [6.07, 6.45) is 0. The van der Waals surface area contributed by atoms with Crippen molar-refractivity contribution in [2.75, 3.05) is 7.05 Å². The van der Waals surface area contributed by atoms with Crippen molar-refractivity contribution in [3.8, 4) is 5.75 Å². The Bertz CT molecular complexity index is 490. The minimum atomic E-state index is -0.560. The van der Waals surface area contributed by atoms with Crippen molar-refractivity contribution >= 4 is 23.3 Å². The van der Waals surface area contributed by atoms with Gasteiger partial charge in [0.2, 0.25) is 0 Å². The van der Waals surface area contributed by atoms with E-state index in [-0.39, 0.29) is 22.5 Å². The third-order valence-electron chi connectivity index (χ3n) is 2.64. The topological polar surface area (TPSA) is 99.2 Å². The number of benzene rings is 1. The van der Waals surface area contributed by atoms with Crippen LogP contribution < -0.4 is 5.73 Å². The summed E-state index contributed by atoms with van der Waals surface area (Å²) in [4.78, 5) is 13.4. The maximum Gasteiger partial charge on any atom is 0.254 e. The Hall–Kier alpha value is -1.95. The van der Waals surface area contributed by atoms with E-state index >= 15 is 0 Å². The minimum Gasteiger partial charge on any atom is -0.506 e. The van der Waals surface area contributed by atoms with Gasteiger partial charge in [-0.3, -0.25) is 4.79 Å². The molecular formula is C11H14ClN3O3. The van der Waals surface area contributed by atoms with Gasteiger partial charge in [-0.15, -0.1) is 0 Å². The van der Waals surface area contributed by atoms with E-state index in [1.165, 1.54) is 30.1 Å². The minimum absolute atomic E-state index is 0.0734. The summed E-state index contributed by atoms with van der Waals surface area (Å²) in [5, 5.41) is 20.8. The second-order valence-electron chi connectivity index (χ2n) is 3.78. The highest BCUT2D eigenvalue weighted by Gasteiger charge is 2.21. The summed E-state index contributed by atoms with van der Waals surface area (Å²) < 4.78 is 0. The highest BCUT2D eigenvalue weighted by Crippen LogP contribution is 2.24. The Morgan fingerprint density at radius 2 is 2.17 bits per heavy atom. The summed E-state index contributed by atoms with van der Waals surface area (Å²) in [6.45, 7) is 1.62. The van der Waals surface area contributed by atoms with Crippen LogP contribution in [0.2, 0.25) is 5.02 Å². The summed E-state index contributed by atoms with van der Waals surface area (Å²) in [6, 6.07) is 3.57. The molecule has 1 atom stereocenters. The molecule has 0 bridgehead atoms. The molecule has 1 rings (SSSR count). The monoisotopic (exact) mass is 271 g/mol. The molecule has 0 aliphatic rings. The van der Waals surface area contributed by atoms with Crippen molar-refractivity contribution in [3.05, 3.63) is 28.8 Å². The first-order valence-electron chi connectivity index (χ1n) is 5.11. The first-order chi connectivity index (χ1) is 8.38. The van der Waals surface area contributed by atoms with E-state index in [4.69, 9.17) is 22.5 Å². The number of rotatable bonds is 3. The lowest BCUT2D eigenvalue weighted by atomic mass is 10.1. The molecule has 0 spiro atoms. The van der Waals surface area contributed by atoms with Crippen molar-refractivity contribution < 1.29 is 15.1 Å². The zero-order valence-electron chi connectivity index (χ0n) is 9.96. The van der Waals surface area contributed by atoms with Crippen LogP contribution in [0.5, 0.6) is 5.75 Å². The normalized spacial score (nSPS) is 13.2. The quantitative estimate of drug-likeness (QED) is 0.333. The SMILES string of the molecule is CC(C(N)=NO)N(C)C(=O)c1ccc(O)c(Cl)c1. The van der Waals surface area contributed by atoms with Crippen molar-refractivity contribution in [2.45, 2.75) is 13.0 Å². The smallest absolute Gasteiger partial charge is 0.254 e. The third-order valence-corrected chi connectivity index (χ3v) is 2.94. The van der Waals surface area contributed by atoms with Crippen LogP contribution in [0.25, 0.3) is 0 Å². The number of phenolic OH excluding ortho intramolecular Hbond substituents is 1. The molecule has 1 aromatic carbocycles. The van der Waals surface area contributed by atoms with Crippen molar-refractivity contribution in [1.82, 2.24) is 4.90 Å². The third kappa shape index (κ3) is 2.84. The Kier molecular flexibility index (Phi) is 4.38. The van der Waals surface area contributed by atoms with Gasteiger partial charge in [-0.1, -0.05) is 16.8 Å². The van der Waals surface area contributed by atoms with Gasteiger partial charge >= 0.3 is 0 Å². The number of likely N-dealkylation sites (N-methyl/N-ethyl adjacent to an activating group) is 1. The van der Waals surface area contributed by atoms with Crippen molar-refractivity contribution in [1.29, 1.82) is 0 Å². The zero-order valence-corrected chi connectivity index (χ0v) is 10.7. The van der Waals surface area contributed by atoms with E-state index < -0.39 is 6.04 Å². The number of halogens is 1. The maximum atomic E-state index is 12.1. The molecule has 0 heterocycles. The number of nitrogens with zero attached hydrogens (tertiary/aromatic N) is 2. The standard InChI is InChI=1S/C11H14ClN3O3/c1-6(10(13)14-18)15(2)11(17)7-3-4-9(16)8(12)5-7/h3-6,16,18H,1-2H3,(H2,13,14). The second-order valence-corrected chi connectivity index (χ2v) is 4.19. The largest absolute Gasteiger partial charge is 0.506 e. The van der Waals surface area contributed by atoms with Gasteiger partial charge in [0.25, 0.3) is 5.91 Å². The molecule has 1 amide bonds. The molecular weight excluding hydrogens is 258 g/mol. The molecule has 0 fully saturated rings. The average Bonchev–Trinajstić information content (AvgIpc) is 2.38. The lowest BCUT2D eigenvalue weighted by molar-refractivity contribution is 0.0776. The number of amides is 1. The lowest BCUT2D eigenvalue weighted by Crippen LogP contribution is -2.43. The predicted molar refractivity (Wildman–Crippen MR) is 68.1 cm³/mol. The van der Waals surface area contributed by atoms with E-state index in [0.717, 1.165) is 0 Å². The Morgan fingerprint density at radius 3 is 2.67 bits per heavy atom. The molecule has 6 nitrogen and oxygen atoms in total. The molecule has 0 saturated heterocycles. The molecule has 1 aromatic rings. The van der Waals surface area contributed by atoms with E-state index in [1.54, 1.807) is 6.92 Å². The number of carbonyl (C=O) groups excluding carboxylic acids is 1. The Morgan fingerprint density at radius 1 is 1.56 bits per heavy atom. The molecule has 0 aliphatic heterocycles. The number of hydrogen-bond donors (Lipinski definition) is 3. The van der Waals surface area contributed by atoms with Gasteiger partial charge in [0.1, 0.15) is 5.75 Å². The van der Waals surface area contributed by atoms with Gasteiger partial charge in [-0.05, 0) is 25.1 Å². The maximum absolute atomic E-state index is 12.1. The van der Waals surface area contributed by atoms with Gasteiger partial charge in [0.15, 0.2) is 5.84 Å². The van der Waals surface area contributed by atoms with Crippen LogP contribution >= 0.6 is 11.6 Å². The van der Waals surface area contributed by atoms with Gasteiger partial charge in [0.05, 0.1) is 11.1 Å². The Balaban J connectivity index is 2.96. The van der Waals surface area contributed by atoms with E-state index in [1.807, 2.05) is 0 Å². The molecule has 1 unspecified atom stereocenters. The fourth-order valence-electron chi connectivity index (χ4n) is 1.30.